The van der Waals surface area contributed by atoms with E-state index >= 15 is 0 Å². The summed E-state index contributed by atoms with van der Waals surface area (Å²) in [5, 5.41) is 5.70. The molecule has 2 N–H and O–H groups in total. The van der Waals surface area contributed by atoms with Gasteiger partial charge in [0, 0.05) is 23.9 Å². The number of nitrogens with one attached hydrogen (secondary N) is 2. The van der Waals surface area contributed by atoms with Gasteiger partial charge < -0.3 is 10.6 Å². The summed E-state index contributed by atoms with van der Waals surface area (Å²) in [5.74, 6) is -0.0373. The highest BCUT2D eigenvalue weighted by Gasteiger charge is 2.22. The Kier molecular flexibility index (Phi) is 7.97. The average Bonchev–Trinajstić information content (AvgIpc) is 2.74. The molecule has 0 spiro atoms. The number of carbonyl (C=O) groups is 2. The van der Waals surface area contributed by atoms with Crippen LogP contribution in [-0.2, 0) is 9.59 Å². The Morgan fingerprint density at radius 3 is 2.25 bits per heavy atom. The van der Waals surface area contributed by atoms with Crippen LogP contribution in [0, 0.1) is 0 Å². The summed E-state index contributed by atoms with van der Waals surface area (Å²) in [5.41, 5.74) is 0.959. The van der Waals surface area contributed by atoms with E-state index in [1.807, 2.05) is 60.7 Å². The summed E-state index contributed by atoms with van der Waals surface area (Å²) in [6, 6.07) is 20.0. The zero-order valence-electron chi connectivity index (χ0n) is 16.1. The molecule has 0 aromatic heterocycles. The molecule has 148 valence electrons. The first kappa shape index (κ1) is 20.5. The van der Waals surface area contributed by atoms with Crippen molar-refractivity contribution < 1.29 is 9.59 Å². The van der Waals surface area contributed by atoms with Crippen molar-refractivity contribution in [3.63, 3.8) is 0 Å². The second-order valence-electron chi connectivity index (χ2n) is 7.17. The smallest absolute Gasteiger partial charge is 0.238 e. The zero-order chi connectivity index (χ0) is 19.6. The highest BCUT2D eigenvalue weighted by atomic mass is 32.2. The number of benzene rings is 2. The van der Waals surface area contributed by atoms with Gasteiger partial charge in [-0.15, -0.1) is 11.8 Å². The molecule has 1 aliphatic carbocycles. The first-order chi connectivity index (χ1) is 13.7. The van der Waals surface area contributed by atoms with Gasteiger partial charge >= 0.3 is 0 Å². The monoisotopic (exact) mass is 396 g/mol. The first-order valence-electron chi connectivity index (χ1n) is 10.1. The van der Waals surface area contributed by atoms with Crippen molar-refractivity contribution in [2.24, 2.45) is 0 Å². The van der Waals surface area contributed by atoms with E-state index in [9.17, 15) is 9.59 Å². The molecule has 2 amide bonds. The minimum Gasteiger partial charge on any atom is -0.354 e. The van der Waals surface area contributed by atoms with Gasteiger partial charge in [-0.2, -0.15) is 0 Å². The van der Waals surface area contributed by atoms with Crippen molar-refractivity contribution >= 4 is 23.6 Å². The molecular formula is C23H28N2O2S. The average molecular weight is 397 g/mol. The van der Waals surface area contributed by atoms with Gasteiger partial charge in [-0.3, -0.25) is 9.59 Å². The minimum atomic E-state index is -0.343. The maximum absolute atomic E-state index is 12.9. The molecule has 4 nitrogen and oxygen atoms in total. The fourth-order valence-electron chi connectivity index (χ4n) is 3.47. The first-order valence-corrected chi connectivity index (χ1v) is 10.9. The van der Waals surface area contributed by atoms with E-state index in [0.717, 1.165) is 23.3 Å². The molecule has 2 aromatic rings. The van der Waals surface area contributed by atoms with Gasteiger partial charge in [0.15, 0.2) is 0 Å². The van der Waals surface area contributed by atoms with Crippen LogP contribution in [-0.4, -0.2) is 24.4 Å². The molecule has 3 rings (SSSR count). The lowest BCUT2D eigenvalue weighted by molar-refractivity contribution is -0.122. The third-order valence-electron chi connectivity index (χ3n) is 4.96. The molecule has 1 saturated carbocycles. The van der Waals surface area contributed by atoms with E-state index in [0.29, 0.717) is 19.0 Å². The SMILES string of the molecule is O=C(CCNC(=O)C(Sc1ccccc1)c1ccccc1)NC1CCCCC1. The quantitative estimate of drug-likeness (QED) is 0.647. The zero-order valence-corrected chi connectivity index (χ0v) is 16.9. The van der Waals surface area contributed by atoms with Crippen LogP contribution in [0.15, 0.2) is 65.6 Å². The van der Waals surface area contributed by atoms with Crippen LogP contribution < -0.4 is 10.6 Å². The summed E-state index contributed by atoms with van der Waals surface area (Å²) in [4.78, 5) is 26.1. The molecule has 1 fully saturated rings. The second kappa shape index (κ2) is 10.9. The lowest BCUT2D eigenvalue weighted by Gasteiger charge is -2.23. The number of carbonyl (C=O) groups excluding carboxylic acids is 2. The molecule has 1 unspecified atom stereocenters. The van der Waals surface area contributed by atoms with Crippen LogP contribution in [0.4, 0.5) is 0 Å². The van der Waals surface area contributed by atoms with Crippen molar-refractivity contribution in [1.29, 1.82) is 0 Å². The summed E-state index contributed by atoms with van der Waals surface area (Å²) in [7, 11) is 0. The summed E-state index contributed by atoms with van der Waals surface area (Å²) in [6.07, 6.45) is 6.11. The molecule has 0 radical (unpaired) electrons. The van der Waals surface area contributed by atoms with Gasteiger partial charge in [0.25, 0.3) is 0 Å². The number of hydrogen-bond donors (Lipinski definition) is 2. The molecular weight excluding hydrogens is 368 g/mol. The van der Waals surface area contributed by atoms with Gasteiger partial charge in [-0.1, -0.05) is 67.8 Å². The minimum absolute atomic E-state index is 0.0270. The van der Waals surface area contributed by atoms with Crippen LogP contribution >= 0.6 is 11.8 Å². The van der Waals surface area contributed by atoms with Crippen molar-refractivity contribution in [3.8, 4) is 0 Å². The van der Waals surface area contributed by atoms with Gasteiger partial charge in [0.05, 0.1) is 0 Å². The Balaban J connectivity index is 1.53. The molecule has 0 bridgehead atoms. The van der Waals surface area contributed by atoms with Crippen LogP contribution in [0.25, 0.3) is 0 Å². The van der Waals surface area contributed by atoms with Crippen LogP contribution in [0.5, 0.6) is 0 Å². The van der Waals surface area contributed by atoms with Crippen LogP contribution in [0.3, 0.4) is 0 Å². The van der Waals surface area contributed by atoms with Gasteiger partial charge in [0.1, 0.15) is 5.25 Å². The maximum atomic E-state index is 12.9. The third kappa shape index (κ3) is 6.41. The predicted molar refractivity (Wildman–Crippen MR) is 114 cm³/mol. The highest BCUT2D eigenvalue weighted by Crippen LogP contribution is 2.35. The van der Waals surface area contributed by atoms with E-state index in [1.165, 1.54) is 31.0 Å². The molecule has 28 heavy (non-hydrogen) atoms. The molecule has 0 saturated heterocycles. The Labute approximate surface area is 171 Å². The predicted octanol–water partition coefficient (Wildman–Crippen LogP) is 4.48. The Morgan fingerprint density at radius 1 is 0.929 bits per heavy atom. The van der Waals surface area contributed by atoms with Crippen LogP contribution in [0.2, 0.25) is 0 Å². The Bertz CT molecular complexity index is 746. The lowest BCUT2D eigenvalue weighted by atomic mass is 9.95. The normalized spacial score (nSPS) is 15.6. The van der Waals surface area contributed by atoms with Gasteiger partial charge in [-0.25, -0.2) is 0 Å². The fraction of sp³-hybridized carbons (Fsp3) is 0.391. The van der Waals surface area contributed by atoms with E-state index in [4.69, 9.17) is 0 Å². The third-order valence-corrected chi connectivity index (χ3v) is 6.23. The summed E-state index contributed by atoms with van der Waals surface area (Å²) < 4.78 is 0. The molecule has 5 heteroatoms. The maximum Gasteiger partial charge on any atom is 0.238 e. The second-order valence-corrected chi connectivity index (χ2v) is 8.34. The fourth-order valence-corrected chi connectivity index (χ4v) is 4.54. The van der Waals surface area contributed by atoms with Crippen molar-refractivity contribution in [2.75, 3.05) is 6.54 Å². The molecule has 1 atom stereocenters. The molecule has 0 aliphatic heterocycles. The standard InChI is InChI=1S/C23H28N2O2S/c26-21(25-19-12-6-2-7-13-19)16-17-24-23(27)22(18-10-4-1-5-11-18)28-20-14-8-3-9-15-20/h1,3-5,8-11,14-15,19,22H,2,6-7,12-13,16-17H2,(H,24,27)(H,25,26). The van der Waals surface area contributed by atoms with E-state index < -0.39 is 0 Å². The van der Waals surface area contributed by atoms with Crippen molar-refractivity contribution in [1.82, 2.24) is 10.6 Å². The highest BCUT2D eigenvalue weighted by molar-refractivity contribution is 8.00. The Morgan fingerprint density at radius 2 is 1.57 bits per heavy atom. The summed E-state index contributed by atoms with van der Waals surface area (Å²) >= 11 is 1.52. The number of hydrogen-bond acceptors (Lipinski definition) is 3. The largest absolute Gasteiger partial charge is 0.354 e. The molecule has 0 heterocycles. The van der Waals surface area contributed by atoms with Gasteiger partial charge in [0.2, 0.25) is 11.8 Å². The summed E-state index contributed by atoms with van der Waals surface area (Å²) in [6.45, 7) is 0.357. The molecule has 1 aliphatic rings. The topological polar surface area (TPSA) is 58.2 Å². The van der Waals surface area contributed by atoms with E-state index in [-0.39, 0.29) is 17.1 Å². The van der Waals surface area contributed by atoms with E-state index in [2.05, 4.69) is 10.6 Å². The van der Waals surface area contributed by atoms with Crippen LogP contribution in [0.1, 0.15) is 49.3 Å². The number of rotatable bonds is 8. The lowest BCUT2D eigenvalue weighted by Crippen LogP contribution is -2.38. The molecule has 2 aromatic carbocycles. The Hall–Kier alpha value is -2.27. The van der Waals surface area contributed by atoms with Crippen molar-refractivity contribution in [2.45, 2.75) is 54.7 Å². The number of thioether (sulfide) groups is 1. The van der Waals surface area contributed by atoms with Crippen molar-refractivity contribution in [3.05, 3.63) is 66.2 Å². The van der Waals surface area contributed by atoms with E-state index in [1.54, 1.807) is 0 Å². The van der Waals surface area contributed by atoms with Gasteiger partial charge in [-0.05, 0) is 30.5 Å². The number of amides is 2.